The number of halogens is 1. The Bertz CT molecular complexity index is 893. The summed E-state index contributed by atoms with van der Waals surface area (Å²) in [5.41, 5.74) is 0. The Morgan fingerprint density at radius 3 is 2.58 bits per heavy atom. The van der Waals surface area contributed by atoms with Gasteiger partial charge in [0.05, 0.1) is 22.1 Å². The molecule has 26 heavy (non-hydrogen) atoms. The van der Waals surface area contributed by atoms with Crippen LogP contribution in [-0.4, -0.2) is 33.4 Å². The van der Waals surface area contributed by atoms with Gasteiger partial charge in [0, 0.05) is 7.05 Å². The van der Waals surface area contributed by atoms with Gasteiger partial charge in [-0.25, -0.2) is 0 Å². The van der Waals surface area contributed by atoms with Crippen LogP contribution in [0.15, 0.2) is 41.6 Å². The average molecular weight is 410 g/mol. The molecule has 1 aromatic carbocycles. The summed E-state index contributed by atoms with van der Waals surface area (Å²) in [5, 5.41) is 8.92. The summed E-state index contributed by atoms with van der Waals surface area (Å²) < 4.78 is 13.3. The van der Waals surface area contributed by atoms with Gasteiger partial charge in [0.15, 0.2) is 16.8 Å². The number of ketones is 1. The Hall–Kier alpha value is -2.03. The predicted octanol–water partition coefficient (Wildman–Crippen LogP) is 4.09. The number of ether oxygens (including phenoxy) is 2. The van der Waals surface area contributed by atoms with Crippen LogP contribution in [0.25, 0.3) is 0 Å². The van der Waals surface area contributed by atoms with Crippen molar-refractivity contribution in [2.45, 2.75) is 11.8 Å². The number of thioether (sulfide) groups is 1. The first kappa shape index (κ1) is 18.8. The van der Waals surface area contributed by atoms with E-state index in [-0.39, 0.29) is 18.1 Å². The largest absolute Gasteiger partial charge is 0.497 e. The Balaban J connectivity index is 1.56. The Labute approximate surface area is 164 Å². The van der Waals surface area contributed by atoms with Crippen LogP contribution in [0.1, 0.15) is 15.5 Å². The van der Waals surface area contributed by atoms with Gasteiger partial charge < -0.3 is 14.0 Å². The molecule has 136 valence electrons. The highest BCUT2D eigenvalue weighted by atomic mass is 35.5. The zero-order valence-corrected chi connectivity index (χ0v) is 16.5. The molecule has 0 saturated heterocycles. The summed E-state index contributed by atoms with van der Waals surface area (Å²) in [6.45, 7) is 0.283. The van der Waals surface area contributed by atoms with E-state index >= 15 is 0 Å². The van der Waals surface area contributed by atoms with Gasteiger partial charge >= 0.3 is 0 Å². The van der Waals surface area contributed by atoms with Crippen LogP contribution >= 0.6 is 34.7 Å². The van der Waals surface area contributed by atoms with Crippen LogP contribution in [0.5, 0.6) is 11.5 Å². The minimum absolute atomic E-state index is 0.0194. The fourth-order valence-corrected chi connectivity index (χ4v) is 3.97. The fraction of sp³-hybridized carbons (Fsp3) is 0.235. The molecule has 0 radical (unpaired) electrons. The molecule has 3 rings (SSSR count). The lowest BCUT2D eigenvalue weighted by Crippen LogP contribution is -2.05. The van der Waals surface area contributed by atoms with Gasteiger partial charge in [0.2, 0.25) is 0 Å². The molecule has 6 nitrogen and oxygen atoms in total. The Morgan fingerprint density at radius 1 is 1.19 bits per heavy atom. The van der Waals surface area contributed by atoms with Gasteiger partial charge in [0.1, 0.15) is 18.1 Å². The van der Waals surface area contributed by atoms with E-state index in [0.717, 1.165) is 5.75 Å². The number of benzene rings is 1. The van der Waals surface area contributed by atoms with Gasteiger partial charge in [-0.1, -0.05) is 23.4 Å². The fourth-order valence-electron chi connectivity index (χ4n) is 2.08. The second-order valence-electron chi connectivity index (χ2n) is 5.24. The maximum absolute atomic E-state index is 12.2. The van der Waals surface area contributed by atoms with Crippen molar-refractivity contribution in [3.63, 3.8) is 0 Å². The van der Waals surface area contributed by atoms with Gasteiger partial charge in [-0.15, -0.1) is 21.5 Å². The number of rotatable bonds is 8. The molecular weight excluding hydrogens is 394 g/mol. The van der Waals surface area contributed by atoms with E-state index in [1.54, 1.807) is 19.2 Å². The lowest BCUT2D eigenvalue weighted by Gasteiger charge is -2.07. The number of hydrogen-bond donors (Lipinski definition) is 0. The minimum Gasteiger partial charge on any atom is -0.497 e. The molecule has 0 aliphatic rings. The minimum atomic E-state index is 0.0194. The number of Topliss-reactive ketones (excluding diaryl/α,β-unsaturated/α-hetero) is 1. The topological polar surface area (TPSA) is 66.2 Å². The number of carbonyl (C=O) groups is 1. The van der Waals surface area contributed by atoms with E-state index in [2.05, 4.69) is 10.2 Å². The van der Waals surface area contributed by atoms with Crippen LogP contribution < -0.4 is 9.47 Å². The van der Waals surface area contributed by atoms with E-state index in [1.165, 1.54) is 23.1 Å². The first-order valence-corrected chi connectivity index (χ1v) is 9.81. The third-order valence-electron chi connectivity index (χ3n) is 3.53. The monoisotopic (exact) mass is 409 g/mol. The molecule has 3 aromatic rings. The molecule has 0 fully saturated rings. The summed E-state index contributed by atoms with van der Waals surface area (Å²) in [6.07, 6.45) is 0. The number of methoxy groups -OCH3 is 1. The molecule has 0 aliphatic heterocycles. The maximum Gasteiger partial charge on any atom is 0.191 e. The molecule has 0 saturated carbocycles. The standard InChI is InChI=1S/C17H16ClN3O3S2/c1-21-16(9-24-12-5-3-11(23-2)4-6-12)19-20-17(21)25-10-13(22)14-7-8-15(18)26-14/h3-8H,9-10H2,1-2H3. The average Bonchev–Trinajstić information content (AvgIpc) is 3.24. The van der Waals surface area contributed by atoms with E-state index in [0.29, 0.717) is 25.9 Å². The number of hydrogen-bond acceptors (Lipinski definition) is 7. The van der Waals surface area contributed by atoms with Crippen molar-refractivity contribution in [2.24, 2.45) is 7.05 Å². The van der Waals surface area contributed by atoms with Gasteiger partial charge in [0.25, 0.3) is 0 Å². The molecule has 0 unspecified atom stereocenters. The van der Waals surface area contributed by atoms with Crippen molar-refractivity contribution in [1.29, 1.82) is 0 Å². The van der Waals surface area contributed by atoms with E-state index in [4.69, 9.17) is 21.1 Å². The number of aromatic nitrogens is 3. The summed E-state index contributed by atoms with van der Waals surface area (Å²) in [6, 6.07) is 10.8. The molecule has 0 aliphatic carbocycles. The van der Waals surface area contributed by atoms with E-state index < -0.39 is 0 Å². The predicted molar refractivity (Wildman–Crippen MR) is 103 cm³/mol. The third-order valence-corrected chi connectivity index (χ3v) is 5.83. The third kappa shape index (κ3) is 4.57. The van der Waals surface area contributed by atoms with Crippen LogP contribution in [0.2, 0.25) is 4.34 Å². The quantitative estimate of drug-likeness (QED) is 0.412. The SMILES string of the molecule is COc1ccc(OCc2nnc(SCC(=O)c3ccc(Cl)s3)n2C)cc1. The zero-order chi connectivity index (χ0) is 18.5. The van der Waals surface area contributed by atoms with Crippen molar-refractivity contribution in [3.05, 3.63) is 51.4 Å². The smallest absolute Gasteiger partial charge is 0.191 e. The Morgan fingerprint density at radius 2 is 1.92 bits per heavy atom. The summed E-state index contributed by atoms with van der Waals surface area (Å²) >= 11 is 8.48. The molecule has 2 aromatic heterocycles. The molecule has 0 amide bonds. The molecular formula is C17H16ClN3O3S2. The molecule has 0 bridgehead atoms. The van der Waals surface area contributed by atoms with Crippen LogP contribution in [0.4, 0.5) is 0 Å². The zero-order valence-electron chi connectivity index (χ0n) is 14.1. The lowest BCUT2D eigenvalue weighted by molar-refractivity contribution is 0.102. The summed E-state index contributed by atoms with van der Waals surface area (Å²) in [5.74, 6) is 2.46. The highest BCUT2D eigenvalue weighted by molar-refractivity contribution is 7.99. The number of nitrogens with zero attached hydrogens (tertiary/aromatic N) is 3. The summed E-state index contributed by atoms with van der Waals surface area (Å²) in [4.78, 5) is 12.8. The maximum atomic E-state index is 12.2. The van der Waals surface area contributed by atoms with E-state index in [9.17, 15) is 4.79 Å². The van der Waals surface area contributed by atoms with Gasteiger partial charge in [-0.05, 0) is 36.4 Å². The van der Waals surface area contributed by atoms with Gasteiger partial charge in [-0.3, -0.25) is 4.79 Å². The van der Waals surface area contributed by atoms with Crippen LogP contribution in [-0.2, 0) is 13.7 Å². The van der Waals surface area contributed by atoms with Crippen molar-refractivity contribution >= 4 is 40.5 Å². The molecule has 2 heterocycles. The Kier molecular flexibility index (Phi) is 6.18. The molecule has 0 N–H and O–H groups in total. The normalized spacial score (nSPS) is 10.7. The van der Waals surface area contributed by atoms with Crippen molar-refractivity contribution < 1.29 is 14.3 Å². The molecule has 9 heteroatoms. The summed E-state index contributed by atoms with van der Waals surface area (Å²) in [7, 11) is 3.47. The highest BCUT2D eigenvalue weighted by Gasteiger charge is 2.14. The highest BCUT2D eigenvalue weighted by Crippen LogP contribution is 2.25. The van der Waals surface area contributed by atoms with Crippen LogP contribution in [0, 0.1) is 0 Å². The van der Waals surface area contributed by atoms with Gasteiger partial charge in [-0.2, -0.15) is 0 Å². The second-order valence-corrected chi connectivity index (χ2v) is 7.90. The van der Waals surface area contributed by atoms with Crippen molar-refractivity contribution in [1.82, 2.24) is 14.8 Å². The van der Waals surface area contributed by atoms with Crippen molar-refractivity contribution in [3.8, 4) is 11.5 Å². The second kappa shape index (κ2) is 8.57. The number of thiophene rings is 1. The molecule has 0 spiro atoms. The molecule has 0 atom stereocenters. The first-order chi connectivity index (χ1) is 12.6. The van der Waals surface area contributed by atoms with Crippen molar-refractivity contribution in [2.75, 3.05) is 12.9 Å². The number of carbonyl (C=O) groups excluding carboxylic acids is 1. The van der Waals surface area contributed by atoms with E-state index in [1.807, 2.05) is 35.9 Å². The van der Waals surface area contributed by atoms with Crippen LogP contribution in [0.3, 0.4) is 0 Å². The first-order valence-electron chi connectivity index (χ1n) is 7.63. The lowest BCUT2D eigenvalue weighted by atomic mass is 10.3.